The van der Waals surface area contributed by atoms with Crippen molar-refractivity contribution in [3.05, 3.63) is 65.4 Å². The van der Waals surface area contributed by atoms with Crippen molar-refractivity contribution in [3.8, 4) is 5.75 Å². The Morgan fingerprint density at radius 3 is 2.53 bits per heavy atom. The Morgan fingerprint density at radius 1 is 1.03 bits per heavy atom. The molecule has 0 atom stereocenters. The molecular weight excluding hydrogens is 422 g/mol. The van der Waals surface area contributed by atoms with Crippen molar-refractivity contribution in [1.29, 1.82) is 0 Å². The maximum Gasteiger partial charge on any atom is 0.253 e. The number of nitrogens with one attached hydrogen (secondary N) is 1. The van der Waals surface area contributed by atoms with Crippen LogP contribution in [0.1, 0.15) is 67.1 Å². The monoisotopic (exact) mass is 461 g/mol. The number of aromatic nitrogens is 1. The number of nitrogens with zero attached hydrogens (tertiary/aromatic N) is 2. The molecule has 0 saturated carbocycles. The van der Waals surface area contributed by atoms with Gasteiger partial charge >= 0.3 is 0 Å². The number of fused-ring (bicyclic) bond motifs is 1. The molecule has 1 aliphatic heterocycles. The highest BCUT2D eigenvalue weighted by Crippen LogP contribution is 2.30. The molecule has 2 heterocycles. The number of likely N-dealkylation sites (tertiary alicyclic amines) is 1. The number of phenols is 1. The maximum atomic E-state index is 13.4. The lowest BCUT2D eigenvalue weighted by atomic mass is 10.0. The summed E-state index contributed by atoms with van der Waals surface area (Å²) < 4.78 is 2.26. The number of aryl methyl sites for hydroxylation is 1. The second-order valence-electron chi connectivity index (χ2n) is 9.70. The molecule has 2 aromatic carbocycles. The molecule has 1 aliphatic rings. The average molecular weight is 462 g/mol. The minimum atomic E-state index is -0.0110. The summed E-state index contributed by atoms with van der Waals surface area (Å²) >= 11 is 0. The predicted octanol–water partition coefficient (Wildman–Crippen LogP) is 5.67. The van der Waals surface area contributed by atoms with Gasteiger partial charge in [-0.3, -0.25) is 4.79 Å². The van der Waals surface area contributed by atoms with Crippen molar-refractivity contribution in [1.82, 2.24) is 14.8 Å². The number of carbonyl (C=O) groups is 1. The Balaban J connectivity index is 1.39. The van der Waals surface area contributed by atoms with Gasteiger partial charge in [0.1, 0.15) is 5.75 Å². The largest absolute Gasteiger partial charge is 0.508 e. The summed E-state index contributed by atoms with van der Waals surface area (Å²) in [6.07, 6.45) is 7.74. The highest BCUT2D eigenvalue weighted by Gasteiger charge is 2.25. The Kier molecular flexibility index (Phi) is 8.28. The lowest BCUT2D eigenvalue weighted by Crippen LogP contribution is -2.45. The van der Waals surface area contributed by atoms with Crippen LogP contribution in [0, 0.1) is 6.92 Å². The topological polar surface area (TPSA) is 57.5 Å². The summed E-state index contributed by atoms with van der Waals surface area (Å²) in [7, 11) is 0. The lowest BCUT2D eigenvalue weighted by molar-refractivity contribution is 0.0912. The summed E-state index contributed by atoms with van der Waals surface area (Å²) in [6, 6.07) is 16.2. The third-order valence-corrected chi connectivity index (χ3v) is 7.25. The molecule has 0 unspecified atom stereocenters. The quantitative estimate of drug-likeness (QED) is 0.382. The van der Waals surface area contributed by atoms with E-state index in [9.17, 15) is 9.90 Å². The molecule has 5 nitrogen and oxygen atoms in total. The van der Waals surface area contributed by atoms with Crippen molar-refractivity contribution in [3.63, 3.8) is 0 Å². The normalized spacial score (nSPS) is 15.1. The van der Waals surface area contributed by atoms with Gasteiger partial charge in [0, 0.05) is 48.8 Å². The molecule has 0 aliphatic carbocycles. The molecule has 5 heteroatoms. The van der Waals surface area contributed by atoms with Crippen LogP contribution >= 0.6 is 0 Å². The third kappa shape index (κ3) is 5.82. The fourth-order valence-electron chi connectivity index (χ4n) is 5.23. The van der Waals surface area contributed by atoms with Gasteiger partial charge in [0.2, 0.25) is 0 Å². The average Bonchev–Trinajstić information content (AvgIpc) is 3.12. The van der Waals surface area contributed by atoms with E-state index in [0.29, 0.717) is 5.56 Å². The number of piperidine rings is 1. The molecule has 1 fully saturated rings. The Bertz CT molecular complexity index is 1080. The first kappa shape index (κ1) is 24.3. The number of carbonyl (C=O) groups excluding carboxylic acids is 1. The standard InChI is InChI=1S/C29H39N3O2/c1-3-4-5-9-17-32-22(2)28(26-21-25(33)12-13-27(26)32)29(34)30-24-15-19-31(20-16-24)18-14-23-10-7-6-8-11-23/h6-8,10-13,21,24,33H,3-5,9,14-20H2,1-2H3,(H,30,34). The number of phenolic OH excluding ortho intramolecular Hbond substituents is 1. The number of unbranched alkanes of at least 4 members (excludes halogenated alkanes) is 3. The van der Waals surface area contributed by atoms with Gasteiger partial charge in [-0.15, -0.1) is 0 Å². The predicted molar refractivity (Wildman–Crippen MR) is 140 cm³/mol. The zero-order valence-corrected chi connectivity index (χ0v) is 20.7. The highest BCUT2D eigenvalue weighted by atomic mass is 16.3. The van der Waals surface area contributed by atoms with Gasteiger partial charge in [-0.2, -0.15) is 0 Å². The first-order valence-electron chi connectivity index (χ1n) is 13.0. The SMILES string of the molecule is CCCCCCn1c(C)c(C(=O)NC2CCN(CCc3ccccc3)CC2)c2cc(O)ccc21. The number of amides is 1. The van der Waals surface area contributed by atoms with Crippen molar-refractivity contribution in [2.24, 2.45) is 0 Å². The van der Waals surface area contributed by atoms with Gasteiger partial charge in [-0.05, 0) is 56.4 Å². The van der Waals surface area contributed by atoms with Crippen LogP contribution in [0.5, 0.6) is 5.75 Å². The van der Waals surface area contributed by atoms with Crippen LogP contribution in [0.15, 0.2) is 48.5 Å². The molecule has 0 spiro atoms. The minimum absolute atomic E-state index is 0.0110. The van der Waals surface area contributed by atoms with Gasteiger partial charge < -0.3 is 19.9 Å². The van der Waals surface area contributed by atoms with Crippen LogP contribution in [-0.4, -0.2) is 46.2 Å². The minimum Gasteiger partial charge on any atom is -0.508 e. The number of hydrogen-bond acceptors (Lipinski definition) is 3. The molecule has 1 amide bonds. The van der Waals surface area contributed by atoms with E-state index in [1.54, 1.807) is 12.1 Å². The van der Waals surface area contributed by atoms with Crippen LogP contribution in [-0.2, 0) is 13.0 Å². The van der Waals surface area contributed by atoms with Gasteiger partial charge in [0.15, 0.2) is 0 Å². The molecular formula is C29H39N3O2. The van der Waals surface area contributed by atoms with Crippen LogP contribution in [0.4, 0.5) is 0 Å². The van der Waals surface area contributed by atoms with E-state index in [1.165, 1.54) is 24.8 Å². The molecule has 0 radical (unpaired) electrons. The van der Waals surface area contributed by atoms with E-state index in [2.05, 4.69) is 52.0 Å². The summed E-state index contributed by atoms with van der Waals surface area (Å²) in [6.45, 7) is 8.25. The first-order chi connectivity index (χ1) is 16.6. The molecule has 0 bridgehead atoms. The van der Waals surface area contributed by atoms with Crippen LogP contribution in [0.3, 0.4) is 0 Å². The third-order valence-electron chi connectivity index (χ3n) is 7.25. The molecule has 2 N–H and O–H groups in total. The van der Waals surface area contributed by atoms with E-state index in [0.717, 1.165) is 68.5 Å². The second kappa shape index (κ2) is 11.6. The van der Waals surface area contributed by atoms with Gasteiger partial charge in [0.25, 0.3) is 5.91 Å². The second-order valence-corrected chi connectivity index (χ2v) is 9.70. The molecule has 4 rings (SSSR count). The van der Waals surface area contributed by atoms with E-state index in [-0.39, 0.29) is 17.7 Å². The molecule has 3 aromatic rings. The van der Waals surface area contributed by atoms with Crippen molar-refractivity contribution < 1.29 is 9.90 Å². The Labute approximate surface area is 203 Å². The van der Waals surface area contributed by atoms with Crippen LogP contribution < -0.4 is 5.32 Å². The van der Waals surface area contributed by atoms with E-state index < -0.39 is 0 Å². The van der Waals surface area contributed by atoms with Gasteiger partial charge in [-0.1, -0.05) is 56.5 Å². The van der Waals surface area contributed by atoms with E-state index >= 15 is 0 Å². The van der Waals surface area contributed by atoms with Crippen LogP contribution in [0.25, 0.3) is 10.9 Å². The number of hydrogen-bond donors (Lipinski definition) is 2. The molecule has 1 saturated heterocycles. The molecule has 1 aromatic heterocycles. The first-order valence-corrected chi connectivity index (χ1v) is 13.0. The van der Waals surface area contributed by atoms with Gasteiger partial charge in [0.05, 0.1) is 5.56 Å². The highest BCUT2D eigenvalue weighted by molar-refractivity contribution is 6.08. The van der Waals surface area contributed by atoms with Crippen LogP contribution in [0.2, 0.25) is 0 Å². The zero-order valence-electron chi connectivity index (χ0n) is 20.7. The fraction of sp³-hybridized carbons (Fsp3) is 0.483. The summed E-state index contributed by atoms with van der Waals surface area (Å²) in [4.78, 5) is 15.9. The Hall–Kier alpha value is -2.79. The molecule has 182 valence electrons. The summed E-state index contributed by atoms with van der Waals surface area (Å²) in [5.41, 5.74) is 4.12. The number of aromatic hydroxyl groups is 1. The summed E-state index contributed by atoms with van der Waals surface area (Å²) in [5.74, 6) is 0.194. The van der Waals surface area contributed by atoms with E-state index in [1.807, 2.05) is 13.0 Å². The summed E-state index contributed by atoms with van der Waals surface area (Å²) in [5, 5.41) is 14.3. The van der Waals surface area contributed by atoms with Crippen molar-refractivity contribution in [2.45, 2.75) is 71.4 Å². The Morgan fingerprint density at radius 2 is 1.79 bits per heavy atom. The van der Waals surface area contributed by atoms with E-state index in [4.69, 9.17) is 0 Å². The van der Waals surface area contributed by atoms with Gasteiger partial charge in [-0.25, -0.2) is 0 Å². The fourth-order valence-corrected chi connectivity index (χ4v) is 5.23. The maximum absolute atomic E-state index is 13.4. The zero-order chi connectivity index (χ0) is 23.9. The van der Waals surface area contributed by atoms with Crippen molar-refractivity contribution in [2.75, 3.05) is 19.6 Å². The number of rotatable bonds is 10. The number of benzene rings is 2. The lowest BCUT2D eigenvalue weighted by Gasteiger charge is -2.32. The molecule has 34 heavy (non-hydrogen) atoms. The van der Waals surface area contributed by atoms with Crippen molar-refractivity contribution >= 4 is 16.8 Å². The smallest absolute Gasteiger partial charge is 0.253 e.